The van der Waals surface area contributed by atoms with Gasteiger partial charge in [-0.2, -0.15) is 0 Å². The van der Waals surface area contributed by atoms with E-state index in [1.807, 2.05) is 6.08 Å². The van der Waals surface area contributed by atoms with Crippen molar-refractivity contribution in [1.82, 2.24) is 0 Å². The molecule has 0 amide bonds. The van der Waals surface area contributed by atoms with E-state index >= 15 is 0 Å². The number of hydrogen-bond acceptors (Lipinski definition) is 1. The minimum absolute atomic E-state index is 0.200. The summed E-state index contributed by atoms with van der Waals surface area (Å²) in [5.74, 6) is 0.363. The Hall–Kier alpha value is -0.430. The number of allylic oxidation sites excluding steroid dienone is 2. The summed E-state index contributed by atoms with van der Waals surface area (Å²) in [4.78, 5) is 0. The zero-order chi connectivity index (χ0) is 8.85. The van der Waals surface area contributed by atoms with Crippen LogP contribution in [0.1, 0.15) is 20.3 Å². The summed E-state index contributed by atoms with van der Waals surface area (Å²) in [7, 11) is 0. The van der Waals surface area contributed by atoms with Crippen molar-refractivity contribution in [2.75, 3.05) is 0 Å². The summed E-state index contributed by atoms with van der Waals surface area (Å²) in [5.41, 5.74) is 5.94. The maximum absolute atomic E-state index is 5.98. The predicted octanol–water partition coefficient (Wildman–Crippen LogP) is 2.67. The SMILES string of the molecule is C=C(N)/C=C\C(C)[C@@H](Cl)CC. The molecule has 0 radical (unpaired) electrons. The van der Waals surface area contributed by atoms with Crippen LogP contribution in [-0.4, -0.2) is 5.38 Å². The van der Waals surface area contributed by atoms with E-state index in [0.29, 0.717) is 11.6 Å². The molecule has 0 aliphatic rings. The van der Waals surface area contributed by atoms with Gasteiger partial charge in [-0.15, -0.1) is 11.6 Å². The molecule has 0 saturated heterocycles. The third kappa shape index (κ3) is 4.91. The summed E-state index contributed by atoms with van der Waals surface area (Å²) in [5, 5.41) is 0.200. The molecule has 0 aromatic rings. The minimum atomic E-state index is 0.200. The minimum Gasteiger partial charge on any atom is -0.399 e. The van der Waals surface area contributed by atoms with Crippen molar-refractivity contribution in [1.29, 1.82) is 0 Å². The number of rotatable bonds is 4. The van der Waals surface area contributed by atoms with Crippen LogP contribution >= 0.6 is 11.6 Å². The Morgan fingerprint density at radius 3 is 2.64 bits per heavy atom. The van der Waals surface area contributed by atoms with Gasteiger partial charge in [0.2, 0.25) is 0 Å². The molecule has 0 aromatic heterocycles. The zero-order valence-corrected chi connectivity index (χ0v) is 7.93. The van der Waals surface area contributed by atoms with Crippen molar-refractivity contribution in [2.45, 2.75) is 25.6 Å². The molecule has 0 aromatic carbocycles. The molecule has 2 N–H and O–H groups in total. The van der Waals surface area contributed by atoms with Gasteiger partial charge in [0.15, 0.2) is 0 Å². The van der Waals surface area contributed by atoms with Crippen molar-refractivity contribution < 1.29 is 0 Å². The molecular weight excluding hydrogens is 158 g/mol. The summed E-state index contributed by atoms with van der Waals surface area (Å²) < 4.78 is 0. The lowest BCUT2D eigenvalue weighted by Crippen LogP contribution is -2.07. The molecule has 0 saturated carbocycles. The highest BCUT2D eigenvalue weighted by atomic mass is 35.5. The molecule has 11 heavy (non-hydrogen) atoms. The molecule has 2 atom stereocenters. The monoisotopic (exact) mass is 173 g/mol. The fourth-order valence-corrected chi connectivity index (χ4v) is 0.852. The average Bonchev–Trinajstić information content (AvgIpc) is 1.98. The van der Waals surface area contributed by atoms with Gasteiger partial charge in [-0.3, -0.25) is 0 Å². The second-order valence-corrected chi connectivity index (χ2v) is 3.28. The van der Waals surface area contributed by atoms with E-state index in [-0.39, 0.29) is 5.38 Å². The zero-order valence-electron chi connectivity index (χ0n) is 7.18. The van der Waals surface area contributed by atoms with Gasteiger partial charge in [-0.1, -0.05) is 26.5 Å². The topological polar surface area (TPSA) is 26.0 Å². The van der Waals surface area contributed by atoms with Crippen LogP contribution < -0.4 is 5.73 Å². The molecule has 1 nitrogen and oxygen atoms in total. The lowest BCUT2D eigenvalue weighted by atomic mass is 10.1. The van der Waals surface area contributed by atoms with Crippen LogP contribution in [-0.2, 0) is 0 Å². The molecule has 64 valence electrons. The molecule has 2 heteroatoms. The maximum Gasteiger partial charge on any atom is 0.0393 e. The normalized spacial score (nSPS) is 16.6. The van der Waals surface area contributed by atoms with Gasteiger partial charge in [-0.25, -0.2) is 0 Å². The number of alkyl halides is 1. The largest absolute Gasteiger partial charge is 0.399 e. The van der Waals surface area contributed by atoms with Gasteiger partial charge < -0.3 is 5.73 Å². The molecule has 0 aliphatic carbocycles. The molecule has 1 unspecified atom stereocenters. The summed E-state index contributed by atoms with van der Waals surface area (Å²) in [6, 6.07) is 0. The quantitative estimate of drug-likeness (QED) is 0.514. The average molecular weight is 174 g/mol. The third-order valence-corrected chi connectivity index (χ3v) is 2.28. The van der Waals surface area contributed by atoms with E-state index < -0.39 is 0 Å². The van der Waals surface area contributed by atoms with Crippen molar-refractivity contribution in [3.63, 3.8) is 0 Å². The van der Waals surface area contributed by atoms with Crippen LogP contribution in [0.2, 0.25) is 0 Å². The number of hydrogen-bond donors (Lipinski definition) is 1. The van der Waals surface area contributed by atoms with Crippen LogP contribution in [0.15, 0.2) is 24.4 Å². The lowest BCUT2D eigenvalue weighted by molar-refractivity contribution is 0.644. The van der Waals surface area contributed by atoms with Gasteiger partial charge in [0.05, 0.1) is 0 Å². The second kappa shape index (κ2) is 5.25. The molecule has 0 fully saturated rings. The maximum atomic E-state index is 5.98. The smallest absolute Gasteiger partial charge is 0.0393 e. The Bertz CT molecular complexity index is 152. The lowest BCUT2D eigenvalue weighted by Gasteiger charge is -2.10. The van der Waals surface area contributed by atoms with Crippen molar-refractivity contribution in [2.24, 2.45) is 11.7 Å². The fraction of sp³-hybridized carbons (Fsp3) is 0.556. The van der Waals surface area contributed by atoms with Gasteiger partial charge in [0, 0.05) is 11.1 Å². The summed E-state index contributed by atoms with van der Waals surface area (Å²) in [6.07, 6.45) is 4.77. The van der Waals surface area contributed by atoms with E-state index in [1.165, 1.54) is 0 Å². The van der Waals surface area contributed by atoms with E-state index in [1.54, 1.807) is 6.08 Å². The third-order valence-electron chi connectivity index (χ3n) is 1.57. The molecule has 0 bridgehead atoms. The van der Waals surface area contributed by atoms with E-state index in [2.05, 4.69) is 20.4 Å². The van der Waals surface area contributed by atoms with Gasteiger partial charge in [0.1, 0.15) is 0 Å². The van der Waals surface area contributed by atoms with Crippen LogP contribution in [0.5, 0.6) is 0 Å². The first-order chi connectivity index (χ1) is 5.07. The first-order valence-corrected chi connectivity index (χ1v) is 4.28. The summed E-state index contributed by atoms with van der Waals surface area (Å²) in [6.45, 7) is 7.70. The fourth-order valence-electron chi connectivity index (χ4n) is 0.768. The second-order valence-electron chi connectivity index (χ2n) is 2.72. The molecular formula is C9H16ClN. The van der Waals surface area contributed by atoms with Crippen molar-refractivity contribution >= 4 is 11.6 Å². The van der Waals surface area contributed by atoms with Crippen molar-refractivity contribution in [3.8, 4) is 0 Å². The Morgan fingerprint density at radius 1 is 1.73 bits per heavy atom. The number of nitrogens with two attached hydrogens (primary N) is 1. The van der Waals surface area contributed by atoms with Crippen LogP contribution in [0.3, 0.4) is 0 Å². The molecule has 0 heterocycles. The van der Waals surface area contributed by atoms with E-state index in [0.717, 1.165) is 6.42 Å². The van der Waals surface area contributed by atoms with Crippen LogP contribution in [0.25, 0.3) is 0 Å². The Balaban J connectivity index is 3.85. The highest BCUT2D eigenvalue weighted by Gasteiger charge is 2.07. The van der Waals surface area contributed by atoms with Gasteiger partial charge >= 0.3 is 0 Å². The van der Waals surface area contributed by atoms with Crippen molar-refractivity contribution in [3.05, 3.63) is 24.4 Å². The Morgan fingerprint density at radius 2 is 2.27 bits per heavy atom. The standard InChI is InChI=1S/C9H16ClN/c1-4-9(10)7(2)5-6-8(3)11/h5-7,9H,3-4,11H2,1-2H3/b6-5-/t7?,9-/m0/s1. The predicted molar refractivity (Wildman–Crippen MR) is 51.6 cm³/mol. The first-order valence-electron chi connectivity index (χ1n) is 3.84. The Kier molecular flexibility index (Phi) is 5.05. The van der Waals surface area contributed by atoms with Crippen LogP contribution in [0, 0.1) is 5.92 Å². The van der Waals surface area contributed by atoms with Gasteiger partial charge in [0.25, 0.3) is 0 Å². The first kappa shape index (κ1) is 10.6. The van der Waals surface area contributed by atoms with E-state index in [4.69, 9.17) is 17.3 Å². The van der Waals surface area contributed by atoms with Crippen LogP contribution in [0.4, 0.5) is 0 Å². The van der Waals surface area contributed by atoms with E-state index in [9.17, 15) is 0 Å². The molecule has 0 spiro atoms. The number of halogens is 1. The highest BCUT2D eigenvalue weighted by molar-refractivity contribution is 6.20. The Labute approximate surface area is 73.9 Å². The van der Waals surface area contributed by atoms with Gasteiger partial charge in [-0.05, 0) is 18.4 Å². The highest BCUT2D eigenvalue weighted by Crippen LogP contribution is 2.15. The summed E-state index contributed by atoms with van der Waals surface area (Å²) >= 11 is 5.98. The molecule has 0 aliphatic heterocycles. The molecule has 0 rings (SSSR count).